The minimum absolute atomic E-state index is 0.148. The SMILES string of the molecule is CCc1nc(-c2cc(S(=O)(=O)N3CCC[C@H](C(=O)Nc4cccc(C)c4C)C3)c(C)s2)no1. The van der Waals surface area contributed by atoms with Gasteiger partial charge in [-0.05, 0) is 56.9 Å². The maximum absolute atomic E-state index is 13.5. The lowest BCUT2D eigenvalue weighted by Gasteiger charge is -2.31. The molecule has 2 aromatic heterocycles. The van der Waals surface area contributed by atoms with Gasteiger partial charge in [-0.2, -0.15) is 9.29 Å². The molecule has 0 aliphatic carbocycles. The van der Waals surface area contributed by atoms with Crippen molar-refractivity contribution < 1.29 is 17.7 Å². The second-order valence-corrected chi connectivity index (χ2v) is 11.5. The number of aryl methyl sites for hydroxylation is 3. The Kier molecular flexibility index (Phi) is 6.69. The molecule has 0 radical (unpaired) electrons. The van der Waals surface area contributed by atoms with Crippen molar-refractivity contribution in [3.05, 3.63) is 46.2 Å². The van der Waals surface area contributed by atoms with E-state index in [0.29, 0.717) is 47.3 Å². The van der Waals surface area contributed by atoms with Crippen LogP contribution in [0.5, 0.6) is 0 Å². The van der Waals surface area contributed by atoms with Gasteiger partial charge in [0.2, 0.25) is 27.6 Å². The fourth-order valence-corrected chi connectivity index (χ4v) is 6.98. The van der Waals surface area contributed by atoms with Gasteiger partial charge in [0.05, 0.1) is 15.7 Å². The highest BCUT2D eigenvalue weighted by atomic mass is 32.2. The Balaban J connectivity index is 1.52. The van der Waals surface area contributed by atoms with Crippen LogP contribution in [0.15, 0.2) is 33.7 Å². The molecule has 1 atom stereocenters. The summed E-state index contributed by atoms with van der Waals surface area (Å²) in [5.74, 6) is 0.349. The lowest BCUT2D eigenvalue weighted by molar-refractivity contribution is -0.120. The second kappa shape index (κ2) is 9.36. The molecule has 1 aliphatic heterocycles. The number of thiophene rings is 1. The molecule has 0 bridgehead atoms. The molecule has 8 nitrogen and oxygen atoms in total. The number of carbonyl (C=O) groups excluding carboxylic acids is 1. The molecule has 1 aliphatic rings. The predicted molar refractivity (Wildman–Crippen MR) is 128 cm³/mol. The van der Waals surface area contributed by atoms with Crippen molar-refractivity contribution in [1.29, 1.82) is 0 Å². The number of amides is 1. The molecular weight excluding hydrogens is 460 g/mol. The van der Waals surface area contributed by atoms with Gasteiger partial charge >= 0.3 is 0 Å². The number of nitrogens with zero attached hydrogens (tertiary/aromatic N) is 3. The van der Waals surface area contributed by atoms with Gasteiger partial charge in [0, 0.05) is 30.1 Å². The third kappa shape index (κ3) is 4.73. The van der Waals surface area contributed by atoms with Gasteiger partial charge in [-0.15, -0.1) is 11.3 Å². The van der Waals surface area contributed by atoms with Crippen molar-refractivity contribution in [2.45, 2.75) is 51.9 Å². The Labute approximate surface area is 198 Å². The van der Waals surface area contributed by atoms with Crippen molar-refractivity contribution in [2.24, 2.45) is 5.92 Å². The van der Waals surface area contributed by atoms with E-state index in [9.17, 15) is 13.2 Å². The lowest BCUT2D eigenvalue weighted by Crippen LogP contribution is -2.43. The Morgan fingerprint density at radius 1 is 1.30 bits per heavy atom. The van der Waals surface area contributed by atoms with Gasteiger partial charge in [-0.25, -0.2) is 8.42 Å². The Hall–Kier alpha value is -2.56. The highest BCUT2D eigenvalue weighted by molar-refractivity contribution is 7.89. The zero-order chi connectivity index (χ0) is 23.8. The largest absolute Gasteiger partial charge is 0.339 e. The van der Waals surface area contributed by atoms with Gasteiger partial charge in [-0.1, -0.05) is 24.2 Å². The van der Waals surface area contributed by atoms with Crippen molar-refractivity contribution in [3.63, 3.8) is 0 Å². The number of sulfonamides is 1. The summed E-state index contributed by atoms with van der Waals surface area (Å²) < 4.78 is 33.5. The van der Waals surface area contributed by atoms with Crippen LogP contribution in [0.2, 0.25) is 0 Å². The van der Waals surface area contributed by atoms with E-state index in [0.717, 1.165) is 16.8 Å². The Morgan fingerprint density at radius 3 is 2.82 bits per heavy atom. The van der Waals surface area contributed by atoms with Gasteiger partial charge < -0.3 is 9.84 Å². The molecular formula is C23H28N4O4S2. The van der Waals surface area contributed by atoms with E-state index in [1.54, 1.807) is 13.0 Å². The van der Waals surface area contributed by atoms with E-state index < -0.39 is 15.9 Å². The summed E-state index contributed by atoms with van der Waals surface area (Å²) in [4.78, 5) is 18.8. The van der Waals surface area contributed by atoms with Gasteiger partial charge in [0.25, 0.3) is 0 Å². The normalized spacial score (nSPS) is 17.3. The summed E-state index contributed by atoms with van der Waals surface area (Å²) in [6.07, 6.45) is 1.89. The van der Waals surface area contributed by atoms with Crippen LogP contribution >= 0.6 is 11.3 Å². The number of benzene rings is 1. The highest BCUT2D eigenvalue weighted by Gasteiger charge is 2.35. The zero-order valence-electron chi connectivity index (χ0n) is 19.2. The molecule has 0 unspecified atom stereocenters. The van der Waals surface area contributed by atoms with Crippen LogP contribution in [0.25, 0.3) is 10.7 Å². The highest BCUT2D eigenvalue weighted by Crippen LogP contribution is 2.35. The summed E-state index contributed by atoms with van der Waals surface area (Å²) in [6, 6.07) is 7.38. The number of nitrogens with one attached hydrogen (secondary N) is 1. The van der Waals surface area contributed by atoms with Crippen LogP contribution in [0.1, 0.15) is 41.7 Å². The number of anilines is 1. The average molecular weight is 489 g/mol. The number of piperidine rings is 1. The van der Waals surface area contributed by atoms with Crippen LogP contribution in [0, 0.1) is 26.7 Å². The molecule has 1 amide bonds. The van der Waals surface area contributed by atoms with Crippen molar-refractivity contribution in [2.75, 3.05) is 18.4 Å². The number of aromatic nitrogens is 2. The molecule has 1 aromatic carbocycles. The first kappa shape index (κ1) is 23.6. The predicted octanol–water partition coefficient (Wildman–Crippen LogP) is 4.33. The minimum atomic E-state index is -3.76. The average Bonchev–Trinajstić information content (AvgIpc) is 3.44. The van der Waals surface area contributed by atoms with Crippen LogP contribution in [-0.2, 0) is 21.2 Å². The number of rotatable bonds is 6. The van der Waals surface area contributed by atoms with E-state index in [1.807, 2.05) is 39.0 Å². The summed E-state index contributed by atoms with van der Waals surface area (Å²) in [5, 5.41) is 6.95. The first-order valence-corrected chi connectivity index (χ1v) is 13.3. The topological polar surface area (TPSA) is 105 Å². The van der Waals surface area contributed by atoms with Crippen LogP contribution in [0.3, 0.4) is 0 Å². The smallest absolute Gasteiger partial charge is 0.244 e. The standard InChI is InChI=1S/C23H28N4O4S2/c1-5-21-25-22(26-31-21)19-12-20(16(4)32-19)33(29,30)27-11-7-9-17(13-27)23(28)24-18-10-6-8-14(2)15(18)3/h6,8,10,12,17H,5,7,9,11,13H2,1-4H3,(H,24,28)/t17-/m0/s1. The van der Waals surface area contributed by atoms with Crippen molar-refractivity contribution in [1.82, 2.24) is 14.4 Å². The molecule has 0 saturated carbocycles. The van der Waals surface area contributed by atoms with Crippen LogP contribution in [-0.4, -0.2) is 41.9 Å². The first-order valence-electron chi connectivity index (χ1n) is 11.0. The molecule has 4 rings (SSSR count). The second-order valence-electron chi connectivity index (χ2n) is 8.34. The van der Waals surface area contributed by atoms with Crippen molar-refractivity contribution in [3.8, 4) is 10.7 Å². The number of hydrogen-bond acceptors (Lipinski definition) is 7. The van der Waals surface area contributed by atoms with E-state index in [4.69, 9.17) is 4.52 Å². The minimum Gasteiger partial charge on any atom is -0.339 e. The maximum atomic E-state index is 13.5. The molecule has 33 heavy (non-hydrogen) atoms. The molecule has 10 heteroatoms. The molecule has 1 saturated heterocycles. The summed E-state index contributed by atoms with van der Waals surface area (Å²) >= 11 is 1.32. The van der Waals surface area contributed by atoms with Gasteiger partial charge in [-0.3, -0.25) is 4.79 Å². The van der Waals surface area contributed by atoms with Gasteiger partial charge in [0.15, 0.2) is 0 Å². The summed E-state index contributed by atoms with van der Waals surface area (Å²) in [5.41, 5.74) is 2.88. The monoisotopic (exact) mass is 488 g/mol. The first-order chi connectivity index (χ1) is 15.7. The number of carbonyl (C=O) groups is 1. The molecule has 3 heterocycles. The van der Waals surface area contributed by atoms with E-state index in [2.05, 4.69) is 15.5 Å². The fraction of sp³-hybridized carbons (Fsp3) is 0.435. The Bertz CT molecular complexity index is 1280. The third-order valence-electron chi connectivity index (χ3n) is 6.10. The molecule has 1 N–H and O–H groups in total. The van der Waals surface area contributed by atoms with Crippen LogP contribution in [0.4, 0.5) is 5.69 Å². The molecule has 1 fully saturated rings. The Morgan fingerprint density at radius 2 is 2.09 bits per heavy atom. The summed E-state index contributed by atoms with van der Waals surface area (Å²) in [7, 11) is -3.76. The van der Waals surface area contributed by atoms with E-state index in [-0.39, 0.29) is 17.3 Å². The zero-order valence-corrected chi connectivity index (χ0v) is 20.8. The summed E-state index contributed by atoms with van der Waals surface area (Å²) in [6.45, 7) is 8.20. The third-order valence-corrected chi connectivity index (χ3v) is 9.27. The van der Waals surface area contributed by atoms with Crippen molar-refractivity contribution >= 4 is 33.0 Å². The van der Waals surface area contributed by atoms with Crippen LogP contribution < -0.4 is 5.32 Å². The lowest BCUT2D eigenvalue weighted by atomic mass is 9.98. The van der Waals surface area contributed by atoms with E-state index in [1.165, 1.54) is 15.6 Å². The number of hydrogen-bond donors (Lipinski definition) is 1. The quantitative estimate of drug-likeness (QED) is 0.554. The molecule has 3 aromatic rings. The molecule has 176 valence electrons. The fourth-order valence-electron chi connectivity index (χ4n) is 3.97. The van der Waals surface area contributed by atoms with Gasteiger partial charge in [0.1, 0.15) is 0 Å². The van der Waals surface area contributed by atoms with E-state index >= 15 is 0 Å². The maximum Gasteiger partial charge on any atom is 0.244 e. The molecule has 0 spiro atoms.